The lowest BCUT2D eigenvalue weighted by molar-refractivity contribution is 0.0122. The van der Waals surface area contributed by atoms with E-state index in [1.54, 1.807) is 0 Å². The van der Waals surface area contributed by atoms with E-state index in [1.807, 2.05) is 32.1 Å². The molecule has 1 heterocycles. The van der Waals surface area contributed by atoms with Gasteiger partial charge in [-0.25, -0.2) is 0 Å². The van der Waals surface area contributed by atoms with Gasteiger partial charge in [-0.05, 0) is 45.2 Å². The zero-order valence-electron chi connectivity index (χ0n) is 11.8. The van der Waals surface area contributed by atoms with E-state index < -0.39 is 5.60 Å². The summed E-state index contributed by atoms with van der Waals surface area (Å²) in [5.74, 6) is 0.257. The van der Waals surface area contributed by atoms with Crippen molar-refractivity contribution in [3.8, 4) is 0 Å². The third kappa shape index (κ3) is 3.80. The monoisotopic (exact) mass is 255 g/mol. The molecule has 98 valence electrons. The summed E-state index contributed by atoms with van der Waals surface area (Å²) >= 11 is 1.83. The largest absolute Gasteiger partial charge is 0.389 e. The fourth-order valence-electron chi connectivity index (χ4n) is 1.75. The van der Waals surface area contributed by atoms with Crippen LogP contribution in [0, 0.1) is 19.8 Å². The third-order valence-corrected chi connectivity index (χ3v) is 4.54. The van der Waals surface area contributed by atoms with Crippen molar-refractivity contribution in [2.45, 2.75) is 53.2 Å². The number of hydrogen-bond donors (Lipinski definition) is 2. The standard InChI is InChI=1S/C14H25NOS/c1-9(2)14(6,16)8-15-11(4)13-7-10(3)17-12(13)5/h7,9,11,15-16H,8H2,1-6H3. The van der Waals surface area contributed by atoms with Gasteiger partial charge >= 0.3 is 0 Å². The van der Waals surface area contributed by atoms with Gasteiger partial charge in [0.2, 0.25) is 0 Å². The lowest BCUT2D eigenvalue weighted by Gasteiger charge is -2.29. The van der Waals surface area contributed by atoms with E-state index in [0.717, 1.165) is 0 Å². The van der Waals surface area contributed by atoms with Crippen LogP contribution >= 0.6 is 11.3 Å². The molecule has 0 spiro atoms. The van der Waals surface area contributed by atoms with Crippen LogP contribution in [0.15, 0.2) is 6.07 Å². The Labute approximate surface area is 109 Å². The normalized spacial score (nSPS) is 17.2. The van der Waals surface area contributed by atoms with E-state index in [0.29, 0.717) is 12.6 Å². The smallest absolute Gasteiger partial charge is 0.0766 e. The fourth-order valence-corrected chi connectivity index (χ4v) is 2.78. The quantitative estimate of drug-likeness (QED) is 0.845. The molecule has 0 aromatic carbocycles. The zero-order valence-corrected chi connectivity index (χ0v) is 12.6. The predicted octanol–water partition coefficient (Wildman–Crippen LogP) is 3.42. The SMILES string of the molecule is Cc1cc(C(C)NCC(C)(O)C(C)C)c(C)s1. The van der Waals surface area contributed by atoms with E-state index in [9.17, 15) is 5.11 Å². The number of rotatable bonds is 5. The minimum absolute atomic E-state index is 0.257. The highest BCUT2D eigenvalue weighted by molar-refractivity contribution is 7.12. The number of aliphatic hydroxyl groups is 1. The molecule has 0 saturated carbocycles. The first-order chi connectivity index (χ1) is 7.74. The van der Waals surface area contributed by atoms with Gasteiger partial charge < -0.3 is 10.4 Å². The molecule has 17 heavy (non-hydrogen) atoms. The number of nitrogens with one attached hydrogen (secondary N) is 1. The minimum Gasteiger partial charge on any atom is -0.389 e. The van der Waals surface area contributed by atoms with Crippen LogP contribution in [0.25, 0.3) is 0 Å². The van der Waals surface area contributed by atoms with Gasteiger partial charge in [-0.1, -0.05) is 13.8 Å². The van der Waals surface area contributed by atoms with Crippen molar-refractivity contribution < 1.29 is 5.11 Å². The highest BCUT2D eigenvalue weighted by Crippen LogP contribution is 2.26. The van der Waals surface area contributed by atoms with Crippen LogP contribution in [-0.2, 0) is 0 Å². The number of hydrogen-bond acceptors (Lipinski definition) is 3. The van der Waals surface area contributed by atoms with Crippen LogP contribution in [0.1, 0.15) is 49.1 Å². The molecule has 2 unspecified atom stereocenters. The molecule has 0 fully saturated rings. The second-order valence-electron chi connectivity index (χ2n) is 5.48. The lowest BCUT2D eigenvalue weighted by Crippen LogP contribution is -2.43. The van der Waals surface area contributed by atoms with Crippen molar-refractivity contribution in [1.82, 2.24) is 5.32 Å². The average Bonchev–Trinajstić information content (AvgIpc) is 2.54. The lowest BCUT2D eigenvalue weighted by atomic mass is 9.92. The highest BCUT2D eigenvalue weighted by Gasteiger charge is 2.25. The molecular weight excluding hydrogens is 230 g/mol. The van der Waals surface area contributed by atoms with Crippen molar-refractivity contribution in [1.29, 1.82) is 0 Å². The minimum atomic E-state index is -0.646. The highest BCUT2D eigenvalue weighted by atomic mass is 32.1. The van der Waals surface area contributed by atoms with Gasteiger partial charge in [-0.2, -0.15) is 0 Å². The molecule has 1 aromatic heterocycles. The molecule has 0 aliphatic heterocycles. The molecule has 1 aromatic rings. The number of aryl methyl sites for hydroxylation is 2. The maximum Gasteiger partial charge on any atom is 0.0766 e. The van der Waals surface area contributed by atoms with Crippen LogP contribution in [0.2, 0.25) is 0 Å². The van der Waals surface area contributed by atoms with Gasteiger partial charge in [-0.3, -0.25) is 0 Å². The van der Waals surface area contributed by atoms with E-state index in [-0.39, 0.29) is 5.92 Å². The molecule has 2 N–H and O–H groups in total. The Morgan fingerprint density at radius 1 is 1.35 bits per heavy atom. The maximum absolute atomic E-state index is 10.2. The van der Waals surface area contributed by atoms with Gasteiger partial charge in [0, 0.05) is 22.3 Å². The molecule has 0 saturated heterocycles. The third-order valence-electron chi connectivity index (χ3n) is 3.56. The summed E-state index contributed by atoms with van der Waals surface area (Å²) < 4.78 is 0. The molecule has 0 aliphatic rings. The van der Waals surface area contributed by atoms with Crippen molar-refractivity contribution in [3.63, 3.8) is 0 Å². The second-order valence-corrected chi connectivity index (χ2v) is 6.94. The van der Waals surface area contributed by atoms with E-state index in [2.05, 4.69) is 32.2 Å². The Kier molecular flexibility index (Phi) is 4.76. The zero-order chi connectivity index (χ0) is 13.2. The van der Waals surface area contributed by atoms with Crippen LogP contribution in [0.5, 0.6) is 0 Å². The second kappa shape index (κ2) is 5.51. The maximum atomic E-state index is 10.2. The first kappa shape index (κ1) is 14.7. The summed E-state index contributed by atoms with van der Waals surface area (Å²) in [6, 6.07) is 2.53. The van der Waals surface area contributed by atoms with Gasteiger partial charge in [0.25, 0.3) is 0 Å². The van der Waals surface area contributed by atoms with E-state index >= 15 is 0 Å². The Bertz CT molecular complexity index is 368. The summed E-state index contributed by atoms with van der Waals surface area (Å²) in [5.41, 5.74) is 0.708. The average molecular weight is 255 g/mol. The molecule has 0 bridgehead atoms. The van der Waals surface area contributed by atoms with Crippen LogP contribution < -0.4 is 5.32 Å². The Balaban J connectivity index is 2.62. The summed E-state index contributed by atoms with van der Waals surface area (Å²) in [6.45, 7) is 13.1. The molecule has 2 nitrogen and oxygen atoms in total. The molecule has 2 atom stereocenters. The van der Waals surface area contributed by atoms with Crippen molar-refractivity contribution in [2.24, 2.45) is 5.92 Å². The Morgan fingerprint density at radius 2 is 1.94 bits per heavy atom. The van der Waals surface area contributed by atoms with E-state index in [4.69, 9.17) is 0 Å². The van der Waals surface area contributed by atoms with Gasteiger partial charge in [0.05, 0.1) is 5.60 Å². The van der Waals surface area contributed by atoms with Crippen molar-refractivity contribution in [3.05, 3.63) is 21.4 Å². The molecular formula is C14H25NOS. The fraction of sp³-hybridized carbons (Fsp3) is 0.714. The molecule has 0 aliphatic carbocycles. The molecule has 0 amide bonds. The molecule has 1 rings (SSSR count). The summed E-state index contributed by atoms with van der Waals surface area (Å²) in [5, 5.41) is 13.6. The van der Waals surface area contributed by atoms with Gasteiger partial charge in [0.15, 0.2) is 0 Å². The Morgan fingerprint density at radius 3 is 2.35 bits per heavy atom. The summed E-state index contributed by atoms with van der Waals surface area (Å²) in [6.07, 6.45) is 0. The predicted molar refractivity (Wildman–Crippen MR) is 75.7 cm³/mol. The summed E-state index contributed by atoms with van der Waals surface area (Å²) in [4.78, 5) is 2.72. The van der Waals surface area contributed by atoms with Crippen LogP contribution in [0.3, 0.4) is 0 Å². The van der Waals surface area contributed by atoms with Gasteiger partial charge in [-0.15, -0.1) is 11.3 Å². The van der Waals surface area contributed by atoms with Crippen molar-refractivity contribution in [2.75, 3.05) is 6.54 Å². The molecule has 0 radical (unpaired) electrons. The Hall–Kier alpha value is -0.380. The first-order valence-electron chi connectivity index (χ1n) is 6.26. The van der Waals surface area contributed by atoms with Crippen LogP contribution in [0.4, 0.5) is 0 Å². The molecule has 3 heteroatoms. The van der Waals surface area contributed by atoms with Gasteiger partial charge in [0.1, 0.15) is 0 Å². The van der Waals surface area contributed by atoms with Crippen molar-refractivity contribution >= 4 is 11.3 Å². The first-order valence-corrected chi connectivity index (χ1v) is 7.08. The van der Waals surface area contributed by atoms with E-state index in [1.165, 1.54) is 15.3 Å². The number of thiophene rings is 1. The topological polar surface area (TPSA) is 32.3 Å². The summed E-state index contributed by atoms with van der Waals surface area (Å²) in [7, 11) is 0. The van der Waals surface area contributed by atoms with Crippen LogP contribution in [-0.4, -0.2) is 17.3 Å².